The Labute approximate surface area is 132 Å². The van der Waals surface area contributed by atoms with Gasteiger partial charge in [0.15, 0.2) is 0 Å². The normalized spacial score (nSPS) is 28.4. The Kier molecular flexibility index (Phi) is 6.01. The second-order valence-electron chi connectivity index (χ2n) is 5.40. The van der Waals surface area contributed by atoms with Crippen LogP contribution in [0.1, 0.15) is 43.5 Å². The number of hydrogen-bond acceptors (Lipinski definition) is 5. The molecule has 2 aliphatic rings. The Balaban J connectivity index is 0.000001000. The summed E-state index contributed by atoms with van der Waals surface area (Å²) in [7, 11) is 0. The van der Waals surface area contributed by atoms with Gasteiger partial charge >= 0.3 is 0 Å². The fraction of sp³-hybridized carbons (Fsp3) is 0.692. The van der Waals surface area contributed by atoms with Crippen LogP contribution in [0.2, 0.25) is 0 Å². The molecule has 0 radical (unpaired) electrons. The Morgan fingerprint density at radius 3 is 2.75 bits per heavy atom. The van der Waals surface area contributed by atoms with E-state index in [1.165, 1.54) is 0 Å². The Bertz CT molecular complexity index is 460. The number of nitrogens with zero attached hydrogens (tertiary/aromatic N) is 3. The molecule has 1 aliphatic heterocycles. The van der Waals surface area contributed by atoms with Gasteiger partial charge < -0.3 is 15.3 Å². The van der Waals surface area contributed by atoms with Crippen LogP contribution >= 0.6 is 24.8 Å². The number of aliphatic hydroxyl groups excluding tert-OH is 1. The molecule has 1 fully saturated rings. The van der Waals surface area contributed by atoms with Crippen molar-refractivity contribution in [1.82, 2.24) is 15.3 Å². The average Bonchev–Trinajstić information content (AvgIpc) is 2.66. The zero-order chi connectivity index (χ0) is 12.7. The van der Waals surface area contributed by atoms with E-state index in [0.717, 1.165) is 43.1 Å². The molecule has 3 rings (SSSR count). The maximum absolute atomic E-state index is 10.0. The molecule has 0 spiro atoms. The third-order valence-corrected chi connectivity index (χ3v) is 4.05. The van der Waals surface area contributed by atoms with E-state index < -0.39 is 6.10 Å². The summed E-state index contributed by atoms with van der Waals surface area (Å²) in [6.45, 7) is 7.29. The molecular formula is C13H22Cl2N4O. The van der Waals surface area contributed by atoms with Crippen molar-refractivity contribution >= 4 is 30.6 Å². The van der Waals surface area contributed by atoms with Gasteiger partial charge in [-0.25, -0.2) is 9.97 Å². The first-order valence-electron chi connectivity index (χ1n) is 6.68. The summed E-state index contributed by atoms with van der Waals surface area (Å²) in [6, 6.07) is 0.433. The zero-order valence-corrected chi connectivity index (χ0v) is 13.4. The van der Waals surface area contributed by atoms with E-state index in [2.05, 4.69) is 34.0 Å². The standard InChI is InChI=1S/C13H20N4O.2ClH/c1-8-5-10(18)12-11(8)13(16-7-15-12)17-4-3-14-6-9(17)2;;/h7-10,14,18H,3-6H2,1-2H3;2*1H/t8-,9?,10-;;/m1../s1. The first kappa shape index (κ1) is 17.4. The molecular weight excluding hydrogens is 299 g/mol. The van der Waals surface area contributed by atoms with Crippen LogP contribution in [0.4, 0.5) is 5.82 Å². The first-order valence-corrected chi connectivity index (χ1v) is 6.68. The molecule has 2 N–H and O–H groups in total. The van der Waals surface area contributed by atoms with E-state index in [0.29, 0.717) is 12.0 Å². The molecule has 2 heterocycles. The highest BCUT2D eigenvalue weighted by atomic mass is 35.5. The number of aliphatic hydroxyl groups is 1. The lowest BCUT2D eigenvalue weighted by Gasteiger charge is -2.36. The van der Waals surface area contributed by atoms with Crippen molar-refractivity contribution in [2.24, 2.45) is 0 Å². The minimum Gasteiger partial charge on any atom is -0.387 e. The molecule has 0 saturated carbocycles. The number of halogens is 2. The van der Waals surface area contributed by atoms with Gasteiger partial charge in [-0.15, -0.1) is 24.8 Å². The maximum Gasteiger partial charge on any atom is 0.136 e. The van der Waals surface area contributed by atoms with Crippen molar-refractivity contribution in [1.29, 1.82) is 0 Å². The predicted octanol–water partition coefficient (Wildman–Crippen LogP) is 1.66. The Morgan fingerprint density at radius 1 is 1.30 bits per heavy atom. The fourth-order valence-electron chi connectivity index (χ4n) is 3.09. The second-order valence-corrected chi connectivity index (χ2v) is 5.40. The van der Waals surface area contributed by atoms with Crippen LogP contribution in [-0.4, -0.2) is 40.8 Å². The van der Waals surface area contributed by atoms with Gasteiger partial charge in [-0.1, -0.05) is 6.92 Å². The molecule has 1 aromatic heterocycles. The fourth-order valence-corrected chi connectivity index (χ4v) is 3.09. The van der Waals surface area contributed by atoms with Crippen LogP contribution in [0, 0.1) is 0 Å². The molecule has 114 valence electrons. The van der Waals surface area contributed by atoms with Crippen molar-refractivity contribution in [3.8, 4) is 0 Å². The maximum atomic E-state index is 10.0. The van der Waals surface area contributed by atoms with Gasteiger partial charge in [0.2, 0.25) is 0 Å². The Hall–Kier alpha value is -0.620. The van der Waals surface area contributed by atoms with Crippen LogP contribution in [0.15, 0.2) is 6.33 Å². The van der Waals surface area contributed by atoms with Gasteiger partial charge in [-0.3, -0.25) is 0 Å². The lowest BCUT2D eigenvalue weighted by molar-refractivity contribution is 0.170. The van der Waals surface area contributed by atoms with E-state index >= 15 is 0 Å². The van der Waals surface area contributed by atoms with E-state index in [-0.39, 0.29) is 24.8 Å². The zero-order valence-electron chi connectivity index (χ0n) is 11.7. The second kappa shape index (κ2) is 6.89. The lowest BCUT2D eigenvalue weighted by Crippen LogP contribution is -2.50. The van der Waals surface area contributed by atoms with E-state index in [1.807, 2.05) is 0 Å². The van der Waals surface area contributed by atoms with Gasteiger partial charge in [0.1, 0.15) is 12.1 Å². The van der Waals surface area contributed by atoms with Gasteiger partial charge in [-0.05, 0) is 19.3 Å². The average molecular weight is 321 g/mol. The third-order valence-electron chi connectivity index (χ3n) is 4.05. The third kappa shape index (κ3) is 2.86. The highest BCUT2D eigenvalue weighted by Crippen LogP contribution is 2.43. The van der Waals surface area contributed by atoms with Gasteiger partial charge in [0.25, 0.3) is 0 Å². The number of rotatable bonds is 1. The van der Waals surface area contributed by atoms with Crippen LogP contribution in [0.25, 0.3) is 0 Å². The van der Waals surface area contributed by atoms with Gasteiger partial charge in [-0.2, -0.15) is 0 Å². The molecule has 0 aromatic carbocycles. The monoisotopic (exact) mass is 320 g/mol. The quantitative estimate of drug-likeness (QED) is 0.824. The molecule has 0 bridgehead atoms. The molecule has 1 unspecified atom stereocenters. The highest BCUT2D eigenvalue weighted by Gasteiger charge is 2.34. The number of anilines is 1. The summed E-state index contributed by atoms with van der Waals surface area (Å²) in [4.78, 5) is 11.1. The number of hydrogen-bond donors (Lipinski definition) is 2. The topological polar surface area (TPSA) is 61.3 Å². The summed E-state index contributed by atoms with van der Waals surface area (Å²) in [5.74, 6) is 1.37. The van der Waals surface area contributed by atoms with Crippen LogP contribution in [-0.2, 0) is 0 Å². The van der Waals surface area contributed by atoms with Gasteiger partial charge in [0, 0.05) is 31.2 Å². The molecule has 7 heteroatoms. The minimum absolute atomic E-state index is 0. The summed E-state index contributed by atoms with van der Waals surface area (Å²) < 4.78 is 0. The molecule has 5 nitrogen and oxygen atoms in total. The number of aromatic nitrogens is 2. The summed E-state index contributed by atoms with van der Waals surface area (Å²) in [6.07, 6.45) is 1.93. The van der Waals surface area contributed by atoms with Crippen LogP contribution in [0.3, 0.4) is 0 Å². The van der Waals surface area contributed by atoms with Crippen LogP contribution < -0.4 is 10.2 Å². The summed E-state index contributed by atoms with van der Waals surface area (Å²) >= 11 is 0. The van der Waals surface area contributed by atoms with Crippen molar-refractivity contribution in [3.05, 3.63) is 17.6 Å². The molecule has 1 saturated heterocycles. The minimum atomic E-state index is -0.421. The Morgan fingerprint density at radius 2 is 2.05 bits per heavy atom. The van der Waals surface area contributed by atoms with E-state index in [4.69, 9.17) is 0 Å². The van der Waals surface area contributed by atoms with Crippen molar-refractivity contribution in [2.45, 2.75) is 38.3 Å². The first-order chi connectivity index (χ1) is 8.68. The summed E-state index contributed by atoms with van der Waals surface area (Å²) in [5, 5.41) is 13.4. The smallest absolute Gasteiger partial charge is 0.136 e. The molecule has 1 aromatic rings. The summed E-state index contributed by atoms with van der Waals surface area (Å²) in [5.41, 5.74) is 1.98. The van der Waals surface area contributed by atoms with E-state index in [9.17, 15) is 5.11 Å². The largest absolute Gasteiger partial charge is 0.387 e. The predicted molar refractivity (Wildman–Crippen MR) is 84.2 cm³/mol. The number of fused-ring (bicyclic) bond motifs is 1. The lowest BCUT2D eigenvalue weighted by atomic mass is 10.0. The van der Waals surface area contributed by atoms with Gasteiger partial charge in [0.05, 0.1) is 11.8 Å². The van der Waals surface area contributed by atoms with Crippen molar-refractivity contribution in [2.75, 3.05) is 24.5 Å². The van der Waals surface area contributed by atoms with Crippen molar-refractivity contribution in [3.63, 3.8) is 0 Å². The van der Waals surface area contributed by atoms with E-state index in [1.54, 1.807) is 6.33 Å². The molecule has 1 aliphatic carbocycles. The number of piperazine rings is 1. The molecule has 0 amide bonds. The molecule has 3 atom stereocenters. The molecule has 20 heavy (non-hydrogen) atoms. The number of nitrogens with one attached hydrogen (secondary N) is 1. The SMILES string of the molecule is CC1CNCCN1c1ncnc2c1[C@H](C)C[C@H]2O.Cl.Cl. The van der Waals surface area contributed by atoms with Crippen LogP contribution in [0.5, 0.6) is 0 Å². The highest BCUT2D eigenvalue weighted by molar-refractivity contribution is 5.85. The van der Waals surface area contributed by atoms with Crippen molar-refractivity contribution < 1.29 is 5.11 Å².